The average Bonchev–Trinajstić information content (AvgIpc) is 2.46. The monoisotopic (exact) mass is 279 g/mol. The summed E-state index contributed by atoms with van der Waals surface area (Å²) < 4.78 is 13.7. The van der Waals surface area contributed by atoms with Crippen LogP contribution in [0.4, 0.5) is 4.39 Å². The molecule has 1 fully saturated rings. The van der Waals surface area contributed by atoms with Gasteiger partial charge in [0.05, 0.1) is 0 Å². The lowest BCUT2D eigenvalue weighted by Crippen LogP contribution is -2.35. The van der Waals surface area contributed by atoms with Crippen LogP contribution in [0.1, 0.15) is 35.2 Å². The maximum absolute atomic E-state index is 13.7. The van der Waals surface area contributed by atoms with Crippen LogP contribution in [0.3, 0.4) is 0 Å². The van der Waals surface area contributed by atoms with Crippen molar-refractivity contribution in [3.8, 4) is 0 Å². The fraction of sp³-hybridized carbons (Fsp3) is 0.533. The van der Waals surface area contributed by atoms with Gasteiger partial charge in [0, 0.05) is 30.8 Å². The van der Waals surface area contributed by atoms with Gasteiger partial charge in [-0.3, -0.25) is 4.79 Å². The Morgan fingerprint density at radius 3 is 2.70 bits per heavy atom. The number of rotatable bonds is 6. The van der Waals surface area contributed by atoms with Gasteiger partial charge in [-0.25, -0.2) is 4.39 Å². The molecule has 1 saturated heterocycles. The van der Waals surface area contributed by atoms with Crippen molar-refractivity contribution in [3.05, 3.63) is 35.1 Å². The van der Waals surface area contributed by atoms with Gasteiger partial charge in [-0.15, -0.1) is 0 Å². The topological polar surface area (TPSA) is 58.4 Å². The maximum atomic E-state index is 13.7. The molecule has 0 saturated carbocycles. The lowest BCUT2D eigenvalue weighted by Gasteiger charge is -2.26. The molecule has 2 rings (SSSR count). The predicted molar refractivity (Wildman–Crippen MR) is 76.9 cm³/mol. The van der Waals surface area contributed by atoms with Crippen LogP contribution in [0, 0.1) is 5.82 Å². The molecule has 0 aromatic heterocycles. The van der Waals surface area contributed by atoms with E-state index >= 15 is 0 Å². The summed E-state index contributed by atoms with van der Waals surface area (Å²) in [6, 6.07) is 4.38. The summed E-state index contributed by atoms with van der Waals surface area (Å²) in [5.74, 6) is -0.986. The first-order valence-electron chi connectivity index (χ1n) is 7.18. The first-order valence-corrected chi connectivity index (χ1v) is 7.18. The second-order valence-corrected chi connectivity index (χ2v) is 5.25. The van der Waals surface area contributed by atoms with Crippen LogP contribution in [0.15, 0.2) is 18.2 Å². The van der Waals surface area contributed by atoms with E-state index < -0.39 is 5.91 Å². The van der Waals surface area contributed by atoms with Gasteiger partial charge < -0.3 is 16.0 Å². The summed E-state index contributed by atoms with van der Waals surface area (Å²) in [6.07, 6.45) is 3.90. The van der Waals surface area contributed by atoms with Crippen LogP contribution in [0.5, 0.6) is 0 Å². The second-order valence-electron chi connectivity index (χ2n) is 5.25. The van der Waals surface area contributed by atoms with Crippen LogP contribution < -0.4 is 11.1 Å². The Kier molecular flexibility index (Phi) is 5.49. The van der Waals surface area contributed by atoms with E-state index in [9.17, 15) is 9.18 Å². The van der Waals surface area contributed by atoms with Gasteiger partial charge in [0.1, 0.15) is 5.82 Å². The normalized spacial score (nSPS) is 16.2. The first-order chi connectivity index (χ1) is 9.66. The van der Waals surface area contributed by atoms with Gasteiger partial charge in [-0.05, 0) is 38.1 Å². The number of halogens is 1. The molecular weight excluding hydrogens is 257 g/mol. The molecule has 1 aliphatic rings. The zero-order valence-corrected chi connectivity index (χ0v) is 11.7. The summed E-state index contributed by atoms with van der Waals surface area (Å²) in [7, 11) is 0. The molecule has 4 nitrogen and oxygen atoms in total. The highest BCUT2D eigenvalue weighted by Crippen LogP contribution is 2.10. The van der Waals surface area contributed by atoms with Crippen molar-refractivity contribution >= 4 is 5.91 Å². The van der Waals surface area contributed by atoms with Crippen molar-refractivity contribution in [2.75, 3.05) is 26.2 Å². The highest BCUT2D eigenvalue weighted by atomic mass is 19.1. The molecule has 1 heterocycles. The third-order valence-corrected chi connectivity index (χ3v) is 3.71. The molecule has 1 aliphatic heterocycles. The first kappa shape index (κ1) is 14.9. The number of hydrogen-bond donors (Lipinski definition) is 2. The summed E-state index contributed by atoms with van der Waals surface area (Å²) in [6.45, 7) is 4.66. The van der Waals surface area contributed by atoms with Gasteiger partial charge in [-0.2, -0.15) is 0 Å². The Morgan fingerprint density at radius 1 is 1.30 bits per heavy atom. The highest BCUT2D eigenvalue weighted by molar-refractivity contribution is 5.92. The molecule has 5 heteroatoms. The van der Waals surface area contributed by atoms with Gasteiger partial charge in [0.15, 0.2) is 0 Å². The molecule has 3 N–H and O–H groups in total. The number of carbonyl (C=O) groups is 1. The minimum atomic E-state index is -0.603. The molecule has 0 radical (unpaired) electrons. The minimum absolute atomic E-state index is 0.208. The average molecular weight is 279 g/mol. The number of piperidine rings is 1. The molecule has 0 unspecified atom stereocenters. The second kappa shape index (κ2) is 7.36. The molecule has 1 aromatic carbocycles. The van der Waals surface area contributed by atoms with Crippen molar-refractivity contribution in [3.63, 3.8) is 0 Å². The molecule has 20 heavy (non-hydrogen) atoms. The molecule has 1 amide bonds. The number of hydrogen-bond acceptors (Lipinski definition) is 3. The number of nitrogens with zero attached hydrogens (tertiary/aromatic N) is 1. The molecule has 1 aromatic rings. The van der Waals surface area contributed by atoms with Crippen molar-refractivity contribution < 1.29 is 9.18 Å². The molecule has 0 spiro atoms. The van der Waals surface area contributed by atoms with E-state index in [2.05, 4.69) is 10.2 Å². The summed E-state index contributed by atoms with van der Waals surface area (Å²) >= 11 is 0. The maximum Gasteiger partial charge on any atom is 0.248 e. The number of carbonyl (C=O) groups excluding carboxylic acids is 1. The van der Waals surface area contributed by atoms with E-state index in [1.54, 1.807) is 12.1 Å². The van der Waals surface area contributed by atoms with Crippen molar-refractivity contribution in [1.82, 2.24) is 10.2 Å². The zero-order valence-electron chi connectivity index (χ0n) is 11.7. The smallest absolute Gasteiger partial charge is 0.248 e. The number of nitrogens with one attached hydrogen (secondary N) is 1. The van der Waals surface area contributed by atoms with Gasteiger partial charge >= 0.3 is 0 Å². The summed E-state index contributed by atoms with van der Waals surface area (Å²) in [5, 5.41) is 3.24. The number of amides is 1. The van der Waals surface area contributed by atoms with Crippen LogP contribution in [-0.2, 0) is 6.54 Å². The fourth-order valence-electron chi connectivity index (χ4n) is 2.49. The number of nitrogens with two attached hydrogens (primary N) is 1. The largest absolute Gasteiger partial charge is 0.366 e. The Hall–Kier alpha value is -1.46. The van der Waals surface area contributed by atoms with E-state index in [1.165, 1.54) is 38.4 Å². The lowest BCUT2D eigenvalue weighted by molar-refractivity contribution is 0.1000. The molecule has 0 atom stereocenters. The van der Waals surface area contributed by atoms with Crippen LogP contribution in [0.2, 0.25) is 0 Å². The van der Waals surface area contributed by atoms with Crippen molar-refractivity contribution in [2.45, 2.75) is 25.8 Å². The van der Waals surface area contributed by atoms with E-state index in [0.717, 1.165) is 13.1 Å². The van der Waals surface area contributed by atoms with Crippen molar-refractivity contribution in [1.29, 1.82) is 0 Å². The van der Waals surface area contributed by atoms with E-state index in [0.29, 0.717) is 12.1 Å². The minimum Gasteiger partial charge on any atom is -0.366 e. The lowest BCUT2D eigenvalue weighted by atomic mass is 10.1. The Bertz CT molecular complexity index is 458. The molecular formula is C15H22FN3O. The van der Waals surface area contributed by atoms with Crippen LogP contribution >= 0.6 is 0 Å². The van der Waals surface area contributed by atoms with E-state index in [-0.39, 0.29) is 11.4 Å². The Balaban J connectivity index is 1.74. The van der Waals surface area contributed by atoms with Gasteiger partial charge in [0.25, 0.3) is 0 Å². The standard InChI is InChI=1S/C15H22FN3O/c16-14-10-12(15(17)20)4-5-13(14)11-18-6-9-19-7-2-1-3-8-19/h4-5,10,18H,1-3,6-9,11H2,(H2,17,20). The summed E-state index contributed by atoms with van der Waals surface area (Å²) in [5.41, 5.74) is 5.88. The van der Waals surface area contributed by atoms with Gasteiger partial charge in [-0.1, -0.05) is 12.5 Å². The van der Waals surface area contributed by atoms with Crippen LogP contribution in [0.25, 0.3) is 0 Å². The van der Waals surface area contributed by atoms with E-state index in [1.807, 2.05) is 0 Å². The zero-order chi connectivity index (χ0) is 14.4. The number of benzene rings is 1. The number of primary amides is 1. The molecule has 0 bridgehead atoms. The fourth-order valence-corrected chi connectivity index (χ4v) is 2.49. The van der Waals surface area contributed by atoms with Crippen LogP contribution in [-0.4, -0.2) is 37.0 Å². The quantitative estimate of drug-likeness (QED) is 0.776. The Morgan fingerprint density at radius 2 is 2.05 bits per heavy atom. The van der Waals surface area contributed by atoms with Crippen molar-refractivity contribution in [2.24, 2.45) is 5.73 Å². The Labute approximate surface area is 119 Å². The molecule has 0 aliphatic carbocycles. The predicted octanol–water partition coefficient (Wildman–Crippen LogP) is 1.50. The molecule has 110 valence electrons. The van der Waals surface area contributed by atoms with E-state index in [4.69, 9.17) is 5.73 Å². The third kappa shape index (κ3) is 4.28. The van der Waals surface area contributed by atoms with Gasteiger partial charge in [0.2, 0.25) is 5.91 Å². The summed E-state index contributed by atoms with van der Waals surface area (Å²) in [4.78, 5) is 13.4. The highest BCUT2D eigenvalue weighted by Gasteiger charge is 2.10. The SMILES string of the molecule is NC(=O)c1ccc(CNCCN2CCCCC2)c(F)c1. The third-order valence-electron chi connectivity index (χ3n) is 3.71. The number of likely N-dealkylation sites (tertiary alicyclic amines) is 1.